The molecule has 0 fully saturated rings. The van der Waals surface area contributed by atoms with Gasteiger partial charge < -0.3 is 19.7 Å². The lowest BCUT2D eigenvalue weighted by Crippen LogP contribution is -2.27. The number of aldehydes is 1. The average molecular weight is 956 g/mol. The van der Waals surface area contributed by atoms with Crippen molar-refractivity contribution in [3.63, 3.8) is 0 Å². The van der Waals surface area contributed by atoms with Gasteiger partial charge in [-0.15, -0.1) is 0 Å². The van der Waals surface area contributed by atoms with Crippen LogP contribution in [-0.4, -0.2) is 48.7 Å². The van der Waals surface area contributed by atoms with Gasteiger partial charge in [-0.1, -0.05) is 226 Å². The van der Waals surface area contributed by atoms with Crippen LogP contribution in [0, 0.1) is 5.92 Å². The van der Waals surface area contributed by atoms with Crippen molar-refractivity contribution in [3.8, 4) is 0 Å². The quantitative estimate of drug-likeness (QED) is 0.0373. The predicted molar refractivity (Wildman–Crippen MR) is 301 cm³/mol. The third-order valence-corrected chi connectivity index (χ3v) is 12.7. The van der Waals surface area contributed by atoms with Crippen molar-refractivity contribution in [1.82, 2.24) is 10.2 Å². The largest absolute Gasteiger partial charge is 0.381 e. The van der Waals surface area contributed by atoms with Gasteiger partial charge in [0.05, 0.1) is 0 Å². The number of nitrogens with zero attached hydrogens (tertiary/aromatic N) is 1. The second-order valence-electron chi connectivity index (χ2n) is 19.7. The van der Waals surface area contributed by atoms with Gasteiger partial charge in [0.15, 0.2) is 0 Å². The fourth-order valence-corrected chi connectivity index (χ4v) is 8.60. The molecule has 0 rings (SSSR count). The minimum atomic E-state index is 0.0783. The van der Waals surface area contributed by atoms with Crippen molar-refractivity contribution >= 4 is 18.0 Å². The summed E-state index contributed by atoms with van der Waals surface area (Å²) in [7, 11) is 0. The van der Waals surface area contributed by atoms with Gasteiger partial charge in [0.1, 0.15) is 12.1 Å². The molecule has 0 spiro atoms. The Hall–Kier alpha value is -2.47. The van der Waals surface area contributed by atoms with Gasteiger partial charge >= 0.3 is 0 Å². The zero-order valence-corrected chi connectivity index (χ0v) is 47.0. The van der Waals surface area contributed by atoms with Crippen LogP contribution in [0.3, 0.4) is 0 Å². The van der Waals surface area contributed by atoms with Crippen molar-refractivity contribution < 1.29 is 19.1 Å². The highest BCUT2D eigenvalue weighted by Crippen LogP contribution is 2.18. The average Bonchev–Trinajstić information content (AvgIpc) is 3.32. The molecule has 400 valence electrons. The van der Waals surface area contributed by atoms with E-state index in [1.54, 1.807) is 0 Å². The zero-order valence-electron chi connectivity index (χ0n) is 47.0. The summed E-state index contributed by atoms with van der Waals surface area (Å²) >= 11 is 0. The first-order valence-electron chi connectivity index (χ1n) is 29.4. The second kappa shape index (κ2) is 58.8. The molecule has 1 unspecified atom stereocenters. The van der Waals surface area contributed by atoms with Crippen LogP contribution in [0.25, 0.3) is 0 Å². The number of ketones is 1. The normalized spacial score (nSPS) is 12.0. The molecule has 6 heteroatoms. The van der Waals surface area contributed by atoms with E-state index in [0.29, 0.717) is 57.6 Å². The van der Waals surface area contributed by atoms with Crippen LogP contribution in [0.15, 0.2) is 48.9 Å². The van der Waals surface area contributed by atoms with Gasteiger partial charge in [-0.3, -0.25) is 9.59 Å². The predicted octanol–water partition coefficient (Wildman–Crippen LogP) is 19.3. The van der Waals surface area contributed by atoms with Crippen molar-refractivity contribution in [2.24, 2.45) is 5.92 Å². The summed E-state index contributed by atoms with van der Waals surface area (Å²) in [4.78, 5) is 37.8. The molecule has 2 atom stereocenters. The van der Waals surface area contributed by atoms with Crippen molar-refractivity contribution in [1.29, 1.82) is 0 Å². The van der Waals surface area contributed by atoms with Crippen LogP contribution >= 0.6 is 0 Å². The zero-order chi connectivity index (χ0) is 51.0. The Morgan fingerprint density at radius 1 is 0.544 bits per heavy atom. The fraction of sp³-hybridized carbons (Fsp3) is 0.823. The molecule has 0 radical (unpaired) electrons. The highest BCUT2D eigenvalue weighted by Gasteiger charge is 2.13. The number of amides is 1. The molecule has 6 nitrogen and oxygen atoms in total. The number of ether oxygens (including phenoxy) is 1. The SMILES string of the molecule is C=C(C)N(C(=C)C)C(C)/C=C\CCCCC(=O)NCCCOC[C@H](CC=O)CCC(=O)CCCCCCCCCCCCCCCCC.CC.CCCCCCCC/C=C\CCCCCCCC. The molecule has 0 heterocycles. The molecule has 0 bridgehead atoms. The maximum absolute atomic E-state index is 12.4. The van der Waals surface area contributed by atoms with Crippen LogP contribution in [0.2, 0.25) is 0 Å². The molecule has 68 heavy (non-hydrogen) atoms. The molecule has 0 saturated carbocycles. The minimum absolute atomic E-state index is 0.0783. The van der Waals surface area contributed by atoms with E-state index in [1.165, 1.54) is 173 Å². The Kier molecular flexibility index (Phi) is 60.4. The van der Waals surface area contributed by atoms with E-state index in [1.807, 2.05) is 27.7 Å². The van der Waals surface area contributed by atoms with Crippen molar-refractivity contribution in [3.05, 3.63) is 48.9 Å². The van der Waals surface area contributed by atoms with Crippen LogP contribution in [0.1, 0.15) is 299 Å². The number of carbonyl (C=O) groups excluding carboxylic acids is 3. The summed E-state index contributed by atoms with van der Waals surface area (Å²) < 4.78 is 5.80. The topological polar surface area (TPSA) is 75.7 Å². The first-order chi connectivity index (χ1) is 33.1. The lowest BCUT2D eigenvalue weighted by Gasteiger charge is -2.29. The van der Waals surface area contributed by atoms with Crippen molar-refractivity contribution in [2.45, 2.75) is 305 Å². The molecule has 1 amide bonds. The molecular formula is C62H118N2O4. The van der Waals surface area contributed by atoms with E-state index in [9.17, 15) is 14.4 Å². The van der Waals surface area contributed by atoms with Gasteiger partial charge in [-0.25, -0.2) is 0 Å². The standard InChI is InChI=1S/C42H76N2O4.C18H36.C2H6/c1-7-8-9-10-11-12-13-14-15-16-17-18-19-20-24-28-41(46)31-30-40(32-34-45)36-48-35-26-33-43-42(47)29-25-22-21-23-27-39(6)44(37(2)3)38(4)5;1-3-5-7-9-11-13-15-17-18-16-14-12-10-8-6-4-2;1-2/h23,27,34,39-40H,2,4,7-22,24-26,28-33,35-36H2,1,3,5-6H3,(H,43,47);17-18H,3-16H2,1-2H3;1-2H3/b27-23-;18-17-;/t39?,40-;;/m0../s1. The number of allylic oxidation sites excluding steroid dienone is 5. The van der Waals surface area contributed by atoms with E-state index in [4.69, 9.17) is 4.74 Å². The van der Waals surface area contributed by atoms with E-state index >= 15 is 0 Å². The first kappa shape index (κ1) is 69.8. The molecule has 0 aromatic carbocycles. The molecule has 0 aromatic heterocycles. The molecular weight excluding hydrogens is 837 g/mol. The summed E-state index contributed by atoms with van der Waals surface area (Å²) in [5, 5.41) is 2.98. The number of Topliss-reactive ketones (excluding diaryl/α,β-unsaturated/α-hetero) is 1. The number of rotatable bonds is 50. The van der Waals surface area contributed by atoms with E-state index in [0.717, 1.165) is 56.2 Å². The molecule has 0 aliphatic rings. The van der Waals surface area contributed by atoms with E-state index in [2.05, 4.69) is 75.4 Å². The number of nitrogens with one attached hydrogen (secondary N) is 1. The molecule has 0 aromatic rings. The maximum Gasteiger partial charge on any atom is 0.219 e. The highest BCUT2D eigenvalue weighted by atomic mass is 16.5. The van der Waals surface area contributed by atoms with E-state index < -0.39 is 0 Å². The number of hydrogen-bond acceptors (Lipinski definition) is 5. The first-order valence-corrected chi connectivity index (χ1v) is 29.4. The Morgan fingerprint density at radius 2 is 0.941 bits per heavy atom. The van der Waals surface area contributed by atoms with Gasteiger partial charge in [-0.05, 0) is 90.9 Å². The summed E-state index contributed by atoms with van der Waals surface area (Å²) in [6.07, 6.45) is 56.0. The molecule has 0 aliphatic carbocycles. The van der Waals surface area contributed by atoms with Crippen molar-refractivity contribution in [2.75, 3.05) is 19.8 Å². The number of unbranched alkanes of at least 4 members (excludes halogenated alkanes) is 28. The highest BCUT2D eigenvalue weighted by molar-refractivity contribution is 5.78. The Bertz CT molecular complexity index is 1130. The van der Waals surface area contributed by atoms with Gasteiger partial charge in [-0.2, -0.15) is 0 Å². The lowest BCUT2D eigenvalue weighted by atomic mass is 9.97. The lowest BCUT2D eigenvalue weighted by molar-refractivity contribution is -0.121. The number of carbonyl (C=O) groups is 3. The van der Waals surface area contributed by atoms with Crippen LogP contribution < -0.4 is 5.32 Å². The third-order valence-electron chi connectivity index (χ3n) is 12.7. The molecule has 1 N–H and O–H groups in total. The van der Waals surface area contributed by atoms with Crippen LogP contribution in [0.5, 0.6) is 0 Å². The van der Waals surface area contributed by atoms with Gasteiger partial charge in [0.25, 0.3) is 0 Å². The Balaban J connectivity index is -0.00000176. The maximum atomic E-state index is 12.4. The Labute approximate surface area is 425 Å². The van der Waals surface area contributed by atoms with Gasteiger partial charge in [0, 0.05) is 62.9 Å². The fourth-order valence-electron chi connectivity index (χ4n) is 8.60. The smallest absolute Gasteiger partial charge is 0.219 e. The van der Waals surface area contributed by atoms with Gasteiger partial charge in [0.2, 0.25) is 5.91 Å². The minimum Gasteiger partial charge on any atom is -0.381 e. The second-order valence-corrected chi connectivity index (χ2v) is 19.7. The number of hydrogen-bond donors (Lipinski definition) is 1. The summed E-state index contributed by atoms with van der Waals surface area (Å²) in [5.74, 6) is 0.476. The third kappa shape index (κ3) is 54.5. The van der Waals surface area contributed by atoms with E-state index in [-0.39, 0.29) is 17.9 Å². The molecule has 0 saturated heterocycles. The summed E-state index contributed by atoms with van der Waals surface area (Å²) in [6, 6.07) is 0.218. The summed E-state index contributed by atoms with van der Waals surface area (Å²) in [5.41, 5.74) is 1.96. The monoisotopic (exact) mass is 955 g/mol. The Morgan fingerprint density at radius 3 is 1.38 bits per heavy atom. The molecule has 0 aliphatic heterocycles. The van der Waals surface area contributed by atoms with Crippen LogP contribution in [0.4, 0.5) is 0 Å². The summed E-state index contributed by atoms with van der Waals surface area (Å²) in [6.45, 7) is 26.6. The van der Waals surface area contributed by atoms with Crippen LogP contribution in [-0.2, 0) is 19.1 Å².